The lowest BCUT2D eigenvalue weighted by molar-refractivity contribution is -0.121. The van der Waals surface area contributed by atoms with Crippen molar-refractivity contribution in [3.63, 3.8) is 0 Å². The molecule has 158 valence electrons. The molecule has 0 unspecified atom stereocenters. The second kappa shape index (κ2) is 7.65. The Bertz CT molecular complexity index is 1170. The number of Topliss-reactive ketones (excluding diaryl/α,β-unsaturated/α-hetero) is 1. The highest BCUT2D eigenvalue weighted by molar-refractivity contribution is 6.12. The summed E-state index contributed by atoms with van der Waals surface area (Å²) in [6, 6.07) is 5.88. The summed E-state index contributed by atoms with van der Waals surface area (Å²) >= 11 is 0. The fourth-order valence-electron chi connectivity index (χ4n) is 3.77. The first kappa shape index (κ1) is 20.8. The molecule has 1 amide bonds. The largest absolute Gasteiger partial charge is 0.292 e. The van der Waals surface area contributed by atoms with Crippen molar-refractivity contribution in [1.82, 2.24) is 19.9 Å². The SMILES string of the molecule is Cc1ncc(-c2ccc3c(c2)N(c2cncc(C(=O)CC(C)C)n2)C(=O)C3(C)C)cn1. The Balaban J connectivity index is 1.80. The molecule has 0 atom stereocenters. The lowest BCUT2D eigenvalue weighted by atomic mass is 9.85. The van der Waals surface area contributed by atoms with Crippen LogP contribution in [0.2, 0.25) is 0 Å². The molecule has 7 nitrogen and oxygen atoms in total. The molecule has 0 radical (unpaired) electrons. The number of aryl methyl sites for hydroxylation is 1. The second-order valence-corrected chi connectivity index (χ2v) is 8.80. The molecule has 0 spiro atoms. The monoisotopic (exact) mass is 415 g/mol. The summed E-state index contributed by atoms with van der Waals surface area (Å²) < 4.78 is 0. The Morgan fingerprint density at radius 2 is 1.77 bits per heavy atom. The number of fused-ring (bicyclic) bond motifs is 1. The molecule has 0 saturated carbocycles. The number of aromatic nitrogens is 4. The van der Waals surface area contributed by atoms with E-state index in [0.717, 1.165) is 22.4 Å². The van der Waals surface area contributed by atoms with Crippen molar-refractivity contribution in [3.05, 3.63) is 60.1 Å². The number of carbonyl (C=O) groups is 2. The zero-order valence-corrected chi connectivity index (χ0v) is 18.4. The molecule has 0 aliphatic carbocycles. The molecule has 0 bridgehead atoms. The summed E-state index contributed by atoms with van der Waals surface area (Å²) in [6.45, 7) is 9.58. The Morgan fingerprint density at radius 3 is 2.45 bits per heavy atom. The third-order valence-electron chi connectivity index (χ3n) is 5.49. The molecule has 4 rings (SSSR count). The van der Waals surface area contributed by atoms with Gasteiger partial charge < -0.3 is 0 Å². The van der Waals surface area contributed by atoms with Crippen LogP contribution in [0.4, 0.5) is 11.5 Å². The molecule has 3 aromatic rings. The standard InChI is InChI=1S/C24H25N5O2/c1-14(2)8-21(30)19-12-25-13-22(28-19)29-20-9-16(17-10-26-15(3)27-11-17)6-7-18(20)24(4,5)23(29)31/h6-7,9-14H,8H2,1-5H3. The zero-order valence-electron chi connectivity index (χ0n) is 18.4. The van der Waals surface area contributed by atoms with Gasteiger partial charge in [0, 0.05) is 24.4 Å². The highest BCUT2D eigenvalue weighted by atomic mass is 16.2. The van der Waals surface area contributed by atoms with Crippen LogP contribution in [0.3, 0.4) is 0 Å². The smallest absolute Gasteiger partial charge is 0.242 e. The van der Waals surface area contributed by atoms with Gasteiger partial charge in [0.05, 0.1) is 23.5 Å². The average molecular weight is 415 g/mol. The second-order valence-electron chi connectivity index (χ2n) is 8.80. The van der Waals surface area contributed by atoms with Crippen molar-refractivity contribution in [1.29, 1.82) is 0 Å². The summed E-state index contributed by atoms with van der Waals surface area (Å²) in [6.07, 6.45) is 6.89. The minimum atomic E-state index is -0.725. The van der Waals surface area contributed by atoms with Crippen molar-refractivity contribution in [2.45, 2.75) is 46.5 Å². The Hall–Kier alpha value is -3.48. The van der Waals surface area contributed by atoms with Gasteiger partial charge in [-0.2, -0.15) is 0 Å². The molecule has 3 heterocycles. The van der Waals surface area contributed by atoms with Crippen molar-refractivity contribution in [3.8, 4) is 11.1 Å². The topological polar surface area (TPSA) is 88.9 Å². The number of benzene rings is 1. The normalized spacial score (nSPS) is 14.8. The molecule has 31 heavy (non-hydrogen) atoms. The van der Waals surface area contributed by atoms with E-state index in [2.05, 4.69) is 19.9 Å². The fourth-order valence-corrected chi connectivity index (χ4v) is 3.77. The van der Waals surface area contributed by atoms with Crippen molar-refractivity contribution in [2.24, 2.45) is 5.92 Å². The predicted molar refractivity (Wildman–Crippen MR) is 118 cm³/mol. The van der Waals surface area contributed by atoms with Gasteiger partial charge in [-0.3, -0.25) is 19.5 Å². The summed E-state index contributed by atoms with van der Waals surface area (Å²) in [4.78, 5) is 44.7. The maximum Gasteiger partial charge on any atom is 0.242 e. The minimum absolute atomic E-state index is 0.0824. The molecule has 0 saturated heterocycles. The van der Waals surface area contributed by atoms with Crippen LogP contribution < -0.4 is 4.90 Å². The quantitative estimate of drug-likeness (QED) is 0.573. The van der Waals surface area contributed by atoms with E-state index in [9.17, 15) is 9.59 Å². The van der Waals surface area contributed by atoms with Crippen molar-refractivity contribution in [2.75, 3.05) is 4.90 Å². The van der Waals surface area contributed by atoms with E-state index in [-0.39, 0.29) is 23.3 Å². The molecule has 1 aromatic carbocycles. The highest BCUT2D eigenvalue weighted by Gasteiger charge is 2.45. The van der Waals surface area contributed by atoms with Crippen LogP contribution in [0.1, 0.15) is 56.0 Å². The first-order valence-corrected chi connectivity index (χ1v) is 10.3. The maximum atomic E-state index is 13.4. The minimum Gasteiger partial charge on any atom is -0.292 e. The number of nitrogens with zero attached hydrogens (tertiary/aromatic N) is 5. The van der Waals surface area contributed by atoms with Crippen LogP contribution in [0.5, 0.6) is 0 Å². The van der Waals surface area contributed by atoms with Crippen LogP contribution in [0.15, 0.2) is 43.0 Å². The number of rotatable bonds is 5. The fraction of sp³-hybridized carbons (Fsp3) is 0.333. The Morgan fingerprint density at radius 1 is 1.06 bits per heavy atom. The van der Waals surface area contributed by atoms with Gasteiger partial charge in [0.25, 0.3) is 0 Å². The molecular weight excluding hydrogens is 390 g/mol. The number of ketones is 1. The number of hydrogen-bond acceptors (Lipinski definition) is 6. The molecule has 2 aromatic heterocycles. The maximum absolute atomic E-state index is 13.4. The van der Waals surface area contributed by atoms with Crippen LogP contribution in [0.25, 0.3) is 11.1 Å². The van der Waals surface area contributed by atoms with Gasteiger partial charge in [-0.25, -0.2) is 15.0 Å². The van der Waals surface area contributed by atoms with E-state index in [0.29, 0.717) is 18.1 Å². The van der Waals surface area contributed by atoms with Crippen molar-refractivity contribution < 1.29 is 9.59 Å². The Labute approximate surface area is 181 Å². The van der Waals surface area contributed by atoms with Gasteiger partial charge in [0.1, 0.15) is 11.5 Å². The predicted octanol–water partition coefficient (Wildman–Crippen LogP) is 4.43. The van der Waals surface area contributed by atoms with Crippen LogP contribution in [-0.2, 0) is 10.2 Å². The van der Waals surface area contributed by atoms with E-state index >= 15 is 0 Å². The first-order valence-electron chi connectivity index (χ1n) is 10.3. The number of hydrogen-bond donors (Lipinski definition) is 0. The van der Waals surface area contributed by atoms with E-state index in [1.807, 2.05) is 52.8 Å². The lowest BCUT2D eigenvalue weighted by Crippen LogP contribution is -2.33. The summed E-state index contributed by atoms with van der Waals surface area (Å²) in [5, 5.41) is 0. The third-order valence-corrected chi connectivity index (χ3v) is 5.49. The first-order chi connectivity index (χ1) is 14.7. The molecule has 7 heteroatoms. The molecule has 1 aliphatic heterocycles. The van der Waals surface area contributed by atoms with Gasteiger partial charge in [0.15, 0.2) is 11.6 Å². The highest BCUT2D eigenvalue weighted by Crippen LogP contribution is 2.46. The lowest BCUT2D eigenvalue weighted by Gasteiger charge is -2.19. The van der Waals surface area contributed by atoms with E-state index < -0.39 is 5.41 Å². The van der Waals surface area contributed by atoms with Gasteiger partial charge in [-0.1, -0.05) is 26.0 Å². The average Bonchev–Trinajstić information content (AvgIpc) is 2.93. The van der Waals surface area contributed by atoms with Crippen LogP contribution in [-0.4, -0.2) is 31.6 Å². The number of amides is 1. The molecule has 1 aliphatic rings. The summed E-state index contributed by atoms with van der Waals surface area (Å²) in [5.41, 5.74) is 2.93. The van der Waals surface area contributed by atoms with Gasteiger partial charge in [-0.15, -0.1) is 0 Å². The summed E-state index contributed by atoms with van der Waals surface area (Å²) in [7, 11) is 0. The Kier molecular flexibility index (Phi) is 5.13. The van der Waals surface area contributed by atoms with Gasteiger partial charge in [-0.05, 0) is 43.9 Å². The van der Waals surface area contributed by atoms with Crippen LogP contribution >= 0.6 is 0 Å². The van der Waals surface area contributed by atoms with E-state index in [1.54, 1.807) is 17.3 Å². The zero-order chi connectivity index (χ0) is 22.3. The molecule has 0 N–H and O–H groups in total. The van der Waals surface area contributed by atoms with E-state index in [4.69, 9.17) is 0 Å². The number of carbonyl (C=O) groups excluding carboxylic acids is 2. The van der Waals surface area contributed by atoms with Gasteiger partial charge in [0.2, 0.25) is 5.91 Å². The van der Waals surface area contributed by atoms with Gasteiger partial charge >= 0.3 is 0 Å². The number of anilines is 2. The van der Waals surface area contributed by atoms with E-state index in [1.165, 1.54) is 12.4 Å². The third kappa shape index (κ3) is 3.71. The van der Waals surface area contributed by atoms with Crippen molar-refractivity contribution >= 4 is 23.2 Å². The molecule has 0 fully saturated rings. The summed E-state index contributed by atoms with van der Waals surface area (Å²) in [5.74, 6) is 1.07. The van der Waals surface area contributed by atoms with Crippen LogP contribution in [0, 0.1) is 12.8 Å². The molecular formula is C24H25N5O2.